The minimum atomic E-state index is -0.643. The number of amides is 2. The second kappa shape index (κ2) is 10.4. The maximum Gasteiger partial charge on any atom is 0.414 e. The van der Waals surface area contributed by atoms with E-state index in [1.807, 2.05) is 12.1 Å². The van der Waals surface area contributed by atoms with E-state index in [9.17, 15) is 14.4 Å². The van der Waals surface area contributed by atoms with Crippen molar-refractivity contribution in [2.45, 2.75) is 18.9 Å². The van der Waals surface area contributed by atoms with Crippen LogP contribution in [0.15, 0.2) is 66.7 Å². The first-order valence-corrected chi connectivity index (χ1v) is 11.9. The number of hydrogen-bond donors (Lipinski definition) is 1. The number of halogens is 2. The van der Waals surface area contributed by atoms with E-state index in [1.54, 1.807) is 42.5 Å². The monoisotopic (exact) mass is 521 g/mol. The molecule has 1 atom stereocenters. The summed E-state index contributed by atoms with van der Waals surface area (Å²) >= 11 is 5.82. The molecule has 188 valence electrons. The van der Waals surface area contributed by atoms with Crippen LogP contribution in [0.25, 0.3) is 16.7 Å². The fraction of sp³-hybridized carbons (Fsp3) is 0.192. The SMILES string of the molecule is O=C(CCC(=O)c1ccc(Cl)cc1)NCC1CN(c2ccc(-n3nnc4ccccc43)c(F)c2)C(=O)O1. The fourth-order valence-corrected chi connectivity index (χ4v) is 4.17. The van der Waals surface area contributed by atoms with Gasteiger partial charge in [-0.1, -0.05) is 28.9 Å². The summed E-state index contributed by atoms with van der Waals surface area (Å²) in [7, 11) is 0. The van der Waals surface area contributed by atoms with Crippen molar-refractivity contribution in [3.8, 4) is 5.69 Å². The zero-order chi connectivity index (χ0) is 25.9. The maximum atomic E-state index is 15.0. The number of ether oxygens (including phenoxy) is 1. The summed E-state index contributed by atoms with van der Waals surface area (Å²) in [5.41, 5.74) is 2.28. The fourth-order valence-electron chi connectivity index (χ4n) is 4.04. The van der Waals surface area contributed by atoms with Crippen LogP contribution in [-0.2, 0) is 9.53 Å². The average molecular weight is 522 g/mol. The molecule has 9 nitrogen and oxygen atoms in total. The van der Waals surface area contributed by atoms with E-state index in [1.165, 1.54) is 21.7 Å². The van der Waals surface area contributed by atoms with Crippen molar-refractivity contribution in [2.75, 3.05) is 18.0 Å². The minimum absolute atomic E-state index is 0.00448. The van der Waals surface area contributed by atoms with Crippen LogP contribution >= 0.6 is 11.6 Å². The van der Waals surface area contributed by atoms with Gasteiger partial charge in [-0.3, -0.25) is 14.5 Å². The highest BCUT2D eigenvalue weighted by Crippen LogP contribution is 2.26. The molecule has 0 bridgehead atoms. The van der Waals surface area contributed by atoms with E-state index < -0.39 is 18.0 Å². The van der Waals surface area contributed by atoms with Crippen molar-refractivity contribution in [3.05, 3.63) is 83.1 Å². The molecule has 2 amide bonds. The Balaban J connectivity index is 1.16. The molecule has 1 unspecified atom stereocenters. The number of hydrogen-bond acceptors (Lipinski definition) is 6. The first kappa shape index (κ1) is 24.4. The molecular weight excluding hydrogens is 501 g/mol. The van der Waals surface area contributed by atoms with Gasteiger partial charge in [0.05, 0.1) is 24.3 Å². The average Bonchev–Trinajstić information content (AvgIpc) is 3.49. The highest BCUT2D eigenvalue weighted by Gasteiger charge is 2.33. The summed E-state index contributed by atoms with van der Waals surface area (Å²) in [5, 5.41) is 11.3. The standard InChI is InChI=1S/C26H21ClFN5O4/c27-17-7-5-16(6-8-17)24(34)11-12-25(35)29-14-19-15-32(26(36)37-19)18-9-10-22(20(28)13-18)33-23-4-2-1-3-21(23)30-31-33/h1-10,13,19H,11-12,14-15H2,(H,29,35). The van der Waals surface area contributed by atoms with Gasteiger partial charge in [0.15, 0.2) is 11.6 Å². The molecule has 2 heterocycles. The van der Waals surface area contributed by atoms with Gasteiger partial charge < -0.3 is 10.1 Å². The Kier molecular flexibility index (Phi) is 6.82. The van der Waals surface area contributed by atoms with Crippen LogP contribution in [0.2, 0.25) is 5.02 Å². The van der Waals surface area contributed by atoms with Crippen LogP contribution in [0, 0.1) is 5.82 Å². The molecule has 0 saturated carbocycles. The number of anilines is 1. The molecule has 1 saturated heterocycles. The molecule has 0 radical (unpaired) electrons. The number of rotatable bonds is 8. The summed E-state index contributed by atoms with van der Waals surface area (Å²) in [5.74, 6) is -1.09. The summed E-state index contributed by atoms with van der Waals surface area (Å²) in [6.45, 7) is 0.204. The molecule has 1 aliphatic rings. The Morgan fingerprint density at radius 2 is 1.86 bits per heavy atom. The van der Waals surface area contributed by atoms with E-state index in [2.05, 4.69) is 15.6 Å². The number of para-hydroxylation sites is 1. The van der Waals surface area contributed by atoms with Gasteiger partial charge in [0.1, 0.15) is 17.3 Å². The lowest BCUT2D eigenvalue weighted by atomic mass is 10.1. The Hall–Kier alpha value is -4.31. The zero-order valence-corrected chi connectivity index (χ0v) is 20.2. The molecule has 3 aromatic carbocycles. The number of nitrogens with zero attached hydrogens (tertiary/aromatic N) is 4. The Morgan fingerprint density at radius 1 is 1.08 bits per heavy atom. The van der Waals surface area contributed by atoms with Crippen LogP contribution < -0.4 is 10.2 Å². The predicted molar refractivity (Wildman–Crippen MR) is 134 cm³/mol. The molecule has 1 aliphatic heterocycles. The second-order valence-corrected chi connectivity index (χ2v) is 8.91. The molecular formula is C26H21ClFN5O4. The third-order valence-corrected chi connectivity index (χ3v) is 6.22. The van der Waals surface area contributed by atoms with E-state index in [0.29, 0.717) is 27.3 Å². The molecule has 0 spiro atoms. The number of ketones is 1. The van der Waals surface area contributed by atoms with Crippen molar-refractivity contribution in [2.24, 2.45) is 0 Å². The van der Waals surface area contributed by atoms with Crippen LogP contribution in [0.4, 0.5) is 14.9 Å². The van der Waals surface area contributed by atoms with Crippen LogP contribution in [0.3, 0.4) is 0 Å². The lowest BCUT2D eigenvalue weighted by Gasteiger charge is -2.14. The first-order valence-electron chi connectivity index (χ1n) is 11.5. The van der Waals surface area contributed by atoms with Crippen LogP contribution in [-0.4, -0.2) is 52.0 Å². The molecule has 5 rings (SSSR count). The van der Waals surface area contributed by atoms with Gasteiger partial charge in [-0.15, -0.1) is 5.10 Å². The Morgan fingerprint density at radius 3 is 2.65 bits per heavy atom. The lowest BCUT2D eigenvalue weighted by molar-refractivity contribution is -0.121. The molecule has 37 heavy (non-hydrogen) atoms. The molecule has 1 aromatic heterocycles. The number of Topliss-reactive ketones (excluding diaryl/α,β-unsaturated/α-hetero) is 1. The molecule has 11 heteroatoms. The summed E-state index contributed by atoms with van der Waals surface area (Å²) < 4.78 is 21.7. The number of fused-ring (bicyclic) bond motifs is 1. The highest BCUT2D eigenvalue weighted by molar-refractivity contribution is 6.30. The molecule has 1 N–H and O–H groups in total. The van der Waals surface area contributed by atoms with Gasteiger partial charge >= 0.3 is 6.09 Å². The number of cyclic esters (lactones) is 1. The van der Waals surface area contributed by atoms with Crippen molar-refractivity contribution < 1.29 is 23.5 Å². The normalized spacial score (nSPS) is 15.1. The van der Waals surface area contributed by atoms with E-state index in [4.69, 9.17) is 16.3 Å². The highest BCUT2D eigenvalue weighted by atomic mass is 35.5. The van der Waals surface area contributed by atoms with Crippen molar-refractivity contribution in [1.82, 2.24) is 20.3 Å². The van der Waals surface area contributed by atoms with Gasteiger partial charge in [-0.25, -0.2) is 13.9 Å². The number of benzene rings is 3. The van der Waals surface area contributed by atoms with Gasteiger partial charge in [0.2, 0.25) is 5.91 Å². The smallest absolute Gasteiger partial charge is 0.414 e. The van der Waals surface area contributed by atoms with Crippen molar-refractivity contribution in [1.29, 1.82) is 0 Å². The summed E-state index contributed by atoms with van der Waals surface area (Å²) in [6.07, 6.45) is -1.23. The number of carbonyl (C=O) groups excluding carboxylic acids is 3. The zero-order valence-electron chi connectivity index (χ0n) is 19.4. The number of nitrogens with one attached hydrogen (secondary N) is 1. The van der Waals surface area contributed by atoms with Gasteiger partial charge in [-0.05, 0) is 54.6 Å². The lowest BCUT2D eigenvalue weighted by Crippen LogP contribution is -2.34. The van der Waals surface area contributed by atoms with E-state index in [0.717, 1.165) is 0 Å². The van der Waals surface area contributed by atoms with Gasteiger partial charge in [-0.2, -0.15) is 0 Å². The quantitative estimate of drug-likeness (QED) is 0.346. The van der Waals surface area contributed by atoms with Crippen LogP contribution in [0.1, 0.15) is 23.2 Å². The Labute approximate surface area is 215 Å². The van der Waals surface area contributed by atoms with E-state index in [-0.39, 0.29) is 43.3 Å². The van der Waals surface area contributed by atoms with Crippen LogP contribution in [0.5, 0.6) is 0 Å². The molecule has 4 aromatic rings. The number of aromatic nitrogens is 3. The minimum Gasteiger partial charge on any atom is -0.442 e. The first-order chi connectivity index (χ1) is 17.9. The van der Waals surface area contributed by atoms with E-state index >= 15 is 4.39 Å². The summed E-state index contributed by atoms with van der Waals surface area (Å²) in [4.78, 5) is 38.1. The second-order valence-electron chi connectivity index (χ2n) is 8.48. The predicted octanol–water partition coefficient (Wildman–Crippen LogP) is 4.32. The third-order valence-electron chi connectivity index (χ3n) is 5.97. The third kappa shape index (κ3) is 5.29. The van der Waals surface area contributed by atoms with Gasteiger partial charge in [0, 0.05) is 23.4 Å². The summed E-state index contributed by atoms with van der Waals surface area (Å²) in [6, 6.07) is 18.0. The largest absolute Gasteiger partial charge is 0.442 e. The van der Waals surface area contributed by atoms with Crippen molar-refractivity contribution in [3.63, 3.8) is 0 Å². The van der Waals surface area contributed by atoms with Crippen molar-refractivity contribution >= 4 is 46.1 Å². The van der Waals surface area contributed by atoms with Gasteiger partial charge in [0.25, 0.3) is 0 Å². The molecule has 0 aliphatic carbocycles. The maximum absolute atomic E-state index is 15.0. The molecule has 1 fully saturated rings. The topological polar surface area (TPSA) is 106 Å². The number of carbonyl (C=O) groups is 3. The Bertz CT molecular complexity index is 1490.